The fraction of sp³-hybridized carbons (Fsp3) is 0.548. The minimum atomic E-state index is -3.18. The van der Waals surface area contributed by atoms with Gasteiger partial charge in [-0.05, 0) is 79.7 Å². The van der Waals surface area contributed by atoms with E-state index in [0.29, 0.717) is 38.6 Å². The topological polar surface area (TPSA) is 128 Å². The second kappa shape index (κ2) is 10.2. The number of nitrogens with zero attached hydrogens (tertiary/aromatic N) is 3. The van der Waals surface area contributed by atoms with Gasteiger partial charge in [0.2, 0.25) is 15.9 Å². The average molecular weight is 593 g/mol. The van der Waals surface area contributed by atoms with Crippen LogP contribution >= 0.6 is 0 Å². The first kappa shape index (κ1) is 27.5. The Bertz CT molecular complexity index is 1470. The summed E-state index contributed by atoms with van der Waals surface area (Å²) in [5.41, 5.74) is 9.37. The Morgan fingerprint density at radius 3 is 2.26 bits per heavy atom. The number of nitrogens with two attached hydrogens (primary N) is 1. The van der Waals surface area contributed by atoms with Crippen LogP contribution in [0.25, 0.3) is 0 Å². The Labute approximate surface area is 247 Å². The molecular weight excluding hydrogens is 552 g/mol. The Balaban J connectivity index is 1.11. The second-order valence-electron chi connectivity index (χ2n) is 13.1. The molecule has 5 fully saturated rings. The maximum atomic E-state index is 14.2. The number of carbonyl (C=O) groups is 2. The van der Waals surface area contributed by atoms with Crippen LogP contribution in [-0.2, 0) is 14.8 Å². The molecule has 11 heteroatoms. The molecule has 2 aromatic carbocycles. The molecule has 10 nitrogen and oxygen atoms in total. The number of hydrogen-bond acceptors (Lipinski definition) is 6. The van der Waals surface area contributed by atoms with Crippen molar-refractivity contribution in [2.24, 2.45) is 28.9 Å². The van der Waals surface area contributed by atoms with Gasteiger partial charge in [-0.15, -0.1) is 0 Å². The van der Waals surface area contributed by atoms with Crippen molar-refractivity contribution >= 4 is 39.0 Å². The number of anilines is 3. The van der Waals surface area contributed by atoms with E-state index < -0.39 is 10.0 Å². The first-order valence-electron chi connectivity index (χ1n) is 15.1. The van der Waals surface area contributed by atoms with Crippen LogP contribution in [0.5, 0.6) is 0 Å². The zero-order valence-electron chi connectivity index (χ0n) is 24.0. The minimum Gasteiger partial charge on any atom is -0.381 e. The SMILES string of the molecule is CS(=O)(=O)N1CCN(c2ccc(C3CNc4ccccc4N3C(=O)NC3C4CC5CC3CC(C(N)=O)(C5)C4)cc2)CC1. The van der Waals surface area contributed by atoms with Crippen LogP contribution in [0.1, 0.15) is 43.7 Å². The van der Waals surface area contributed by atoms with Crippen LogP contribution in [-0.4, -0.2) is 69.7 Å². The third-order valence-corrected chi connectivity index (χ3v) is 11.9. The summed E-state index contributed by atoms with van der Waals surface area (Å²) in [6.45, 7) is 2.81. The number of fused-ring (bicyclic) bond motifs is 1. The molecule has 4 N–H and O–H groups in total. The lowest BCUT2D eigenvalue weighted by atomic mass is 9.47. The minimum absolute atomic E-state index is 0.0530. The number of carbonyl (C=O) groups excluding carboxylic acids is 2. The Morgan fingerprint density at radius 2 is 1.62 bits per heavy atom. The molecule has 3 amide bonds. The monoisotopic (exact) mass is 592 g/mol. The molecule has 4 bridgehead atoms. The van der Waals surface area contributed by atoms with Gasteiger partial charge in [0.15, 0.2) is 0 Å². The third-order valence-electron chi connectivity index (χ3n) is 10.6. The molecule has 0 radical (unpaired) electrons. The number of piperazine rings is 1. The average Bonchev–Trinajstić information content (AvgIpc) is 2.97. The van der Waals surface area contributed by atoms with Crippen molar-refractivity contribution in [1.29, 1.82) is 0 Å². The number of benzene rings is 2. The van der Waals surface area contributed by atoms with Gasteiger partial charge in [-0.3, -0.25) is 9.69 Å². The molecule has 224 valence electrons. The number of urea groups is 1. The molecular formula is C31H40N6O4S. The normalized spacial score (nSPS) is 32.3. The number of nitrogens with one attached hydrogen (secondary N) is 2. The Kier molecular flexibility index (Phi) is 6.65. The van der Waals surface area contributed by atoms with E-state index in [1.54, 1.807) is 0 Å². The number of primary amides is 1. The molecule has 4 aliphatic carbocycles. The van der Waals surface area contributed by atoms with Gasteiger partial charge < -0.3 is 21.3 Å². The van der Waals surface area contributed by atoms with Crippen molar-refractivity contribution in [1.82, 2.24) is 9.62 Å². The van der Waals surface area contributed by atoms with Crippen LogP contribution in [0.2, 0.25) is 0 Å². The highest BCUT2D eigenvalue weighted by molar-refractivity contribution is 7.88. The predicted molar refractivity (Wildman–Crippen MR) is 163 cm³/mol. The third kappa shape index (κ3) is 4.70. The van der Waals surface area contributed by atoms with Crippen molar-refractivity contribution in [3.63, 3.8) is 0 Å². The molecule has 42 heavy (non-hydrogen) atoms. The summed E-state index contributed by atoms with van der Waals surface area (Å²) in [5.74, 6) is 0.936. The van der Waals surface area contributed by atoms with Gasteiger partial charge in [0.25, 0.3) is 0 Å². The molecule has 8 rings (SSSR count). The first-order valence-corrected chi connectivity index (χ1v) is 17.0. The van der Waals surface area contributed by atoms with Crippen LogP contribution in [0, 0.1) is 23.2 Å². The van der Waals surface area contributed by atoms with Gasteiger partial charge in [-0.25, -0.2) is 13.2 Å². The van der Waals surface area contributed by atoms with Crippen LogP contribution in [0.15, 0.2) is 48.5 Å². The number of para-hydroxylation sites is 2. The van der Waals surface area contributed by atoms with Gasteiger partial charge in [-0.1, -0.05) is 24.3 Å². The summed E-state index contributed by atoms with van der Waals surface area (Å²) in [6.07, 6.45) is 5.84. The summed E-state index contributed by atoms with van der Waals surface area (Å²) in [4.78, 5) is 30.8. The van der Waals surface area contributed by atoms with Crippen LogP contribution in [0.4, 0.5) is 21.9 Å². The lowest BCUT2D eigenvalue weighted by Gasteiger charge is -2.59. The largest absolute Gasteiger partial charge is 0.381 e. The molecule has 1 saturated heterocycles. The zero-order chi connectivity index (χ0) is 29.2. The molecule has 4 saturated carbocycles. The van der Waals surface area contributed by atoms with E-state index in [9.17, 15) is 18.0 Å². The standard InChI is InChI=1S/C31H40N6O4S/c1-42(40,41)36-12-10-35(11-13-36)24-8-6-21(7-9-24)27-19-33-25-4-2-3-5-26(25)37(27)30(39)34-28-22-14-20-15-23(28)18-31(16-20,17-22)29(32)38/h2-9,20,22-23,27-28,33H,10-19H2,1H3,(H2,32,38)(H,34,39). The van der Waals surface area contributed by atoms with Crippen molar-refractivity contribution in [2.45, 2.75) is 44.2 Å². The van der Waals surface area contributed by atoms with Crippen molar-refractivity contribution in [3.05, 3.63) is 54.1 Å². The van der Waals surface area contributed by atoms with Crippen LogP contribution in [0.3, 0.4) is 0 Å². The number of rotatable bonds is 5. The van der Waals surface area contributed by atoms with E-state index in [-0.39, 0.29) is 41.3 Å². The Morgan fingerprint density at radius 1 is 0.952 bits per heavy atom. The summed E-state index contributed by atoms with van der Waals surface area (Å²) < 4.78 is 25.3. The number of sulfonamides is 1. The Hall–Kier alpha value is -3.31. The van der Waals surface area contributed by atoms with E-state index in [4.69, 9.17) is 5.73 Å². The predicted octanol–water partition coefficient (Wildman–Crippen LogP) is 3.13. The van der Waals surface area contributed by atoms with Gasteiger partial charge in [0.05, 0.1) is 23.7 Å². The summed E-state index contributed by atoms with van der Waals surface area (Å²) in [7, 11) is -3.18. The van der Waals surface area contributed by atoms with E-state index in [1.807, 2.05) is 29.2 Å². The summed E-state index contributed by atoms with van der Waals surface area (Å²) >= 11 is 0. The van der Waals surface area contributed by atoms with E-state index in [1.165, 1.54) is 10.6 Å². The highest BCUT2D eigenvalue weighted by Gasteiger charge is 2.58. The molecule has 2 aliphatic heterocycles. The summed E-state index contributed by atoms with van der Waals surface area (Å²) in [6, 6.07) is 16.0. The molecule has 2 heterocycles. The molecule has 0 aromatic heterocycles. The lowest BCUT2D eigenvalue weighted by molar-refractivity contribution is -0.145. The molecule has 3 unspecified atom stereocenters. The number of amides is 3. The number of hydrogen-bond donors (Lipinski definition) is 3. The fourth-order valence-electron chi connectivity index (χ4n) is 8.78. The summed E-state index contributed by atoms with van der Waals surface area (Å²) in [5, 5.41) is 6.97. The van der Waals surface area contributed by atoms with Crippen LogP contribution < -0.4 is 26.2 Å². The smallest absolute Gasteiger partial charge is 0.322 e. The maximum Gasteiger partial charge on any atom is 0.322 e. The maximum absolute atomic E-state index is 14.2. The van der Waals surface area contributed by atoms with Crippen molar-refractivity contribution in [3.8, 4) is 0 Å². The molecule has 2 aromatic rings. The zero-order valence-corrected chi connectivity index (χ0v) is 24.9. The quantitative estimate of drug-likeness (QED) is 0.490. The highest BCUT2D eigenvalue weighted by atomic mass is 32.2. The van der Waals surface area contributed by atoms with Gasteiger partial charge in [0.1, 0.15) is 0 Å². The van der Waals surface area contributed by atoms with Gasteiger partial charge in [-0.2, -0.15) is 4.31 Å². The molecule has 0 spiro atoms. The van der Waals surface area contributed by atoms with Gasteiger partial charge in [0, 0.05) is 49.9 Å². The van der Waals surface area contributed by atoms with Gasteiger partial charge >= 0.3 is 6.03 Å². The fourth-order valence-corrected chi connectivity index (χ4v) is 9.60. The molecule has 6 aliphatic rings. The highest BCUT2D eigenvalue weighted by Crippen LogP contribution is 2.60. The van der Waals surface area contributed by atoms with E-state index in [2.05, 4.69) is 39.8 Å². The first-order chi connectivity index (χ1) is 20.1. The van der Waals surface area contributed by atoms with E-state index >= 15 is 0 Å². The van der Waals surface area contributed by atoms with Crippen molar-refractivity contribution < 1.29 is 18.0 Å². The van der Waals surface area contributed by atoms with Crippen molar-refractivity contribution in [2.75, 3.05) is 54.1 Å². The lowest BCUT2D eigenvalue weighted by Crippen LogP contribution is -2.63. The molecule has 3 atom stereocenters. The second-order valence-corrected chi connectivity index (χ2v) is 15.1. The van der Waals surface area contributed by atoms with E-state index in [0.717, 1.165) is 54.7 Å².